The summed E-state index contributed by atoms with van der Waals surface area (Å²) >= 11 is 0. The van der Waals surface area contributed by atoms with E-state index in [0.717, 1.165) is 23.8 Å². The molecule has 0 bridgehead atoms. The lowest BCUT2D eigenvalue weighted by atomic mass is 10.1. The van der Waals surface area contributed by atoms with Crippen molar-refractivity contribution in [2.75, 3.05) is 5.32 Å². The second-order valence-electron chi connectivity index (χ2n) is 4.20. The van der Waals surface area contributed by atoms with Crippen LogP contribution in [0.1, 0.15) is 18.5 Å². The van der Waals surface area contributed by atoms with Crippen molar-refractivity contribution in [2.24, 2.45) is 0 Å². The lowest BCUT2D eigenvalue weighted by Gasteiger charge is -2.15. The highest BCUT2D eigenvalue weighted by Crippen LogP contribution is 2.28. The smallest absolute Gasteiger partial charge is 0.292 e. The number of benzene rings is 2. The lowest BCUT2D eigenvalue weighted by Crippen LogP contribution is -2.08. The summed E-state index contributed by atoms with van der Waals surface area (Å²) in [5, 5.41) is 13.9. The van der Waals surface area contributed by atoms with Gasteiger partial charge in [0.05, 0.1) is 4.92 Å². The molecule has 0 saturated carbocycles. The third-order valence-corrected chi connectivity index (χ3v) is 2.83. The van der Waals surface area contributed by atoms with Crippen molar-refractivity contribution in [1.82, 2.24) is 0 Å². The molecule has 0 aliphatic carbocycles. The van der Waals surface area contributed by atoms with Crippen LogP contribution in [0.2, 0.25) is 0 Å². The molecule has 2 aromatic carbocycles. The first-order valence-corrected chi connectivity index (χ1v) is 5.83. The molecule has 5 heteroatoms. The summed E-state index contributed by atoms with van der Waals surface area (Å²) in [4.78, 5) is 10.4. The summed E-state index contributed by atoms with van der Waals surface area (Å²) in [6, 6.07) is 12.7. The van der Waals surface area contributed by atoms with E-state index in [2.05, 4.69) is 5.32 Å². The number of nitrogens with zero attached hydrogens (tertiary/aromatic N) is 1. The largest absolute Gasteiger partial charge is 0.373 e. The summed E-state index contributed by atoms with van der Waals surface area (Å²) in [6.07, 6.45) is 0. The van der Waals surface area contributed by atoms with E-state index < -0.39 is 10.7 Å². The van der Waals surface area contributed by atoms with Crippen LogP contribution in [-0.2, 0) is 0 Å². The van der Waals surface area contributed by atoms with E-state index in [0.29, 0.717) is 0 Å². The van der Waals surface area contributed by atoms with Crippen molar-refractivity contribution in [3.63, 3.8) is 0 Å². The van der Waals surface area contributed by atoms with Gasteiger partial charge < -0.3 is 5.32 Å². The standard InChI is InChI=1S/C14H13FN2O2/c1-10(11-5-3-2-4-6-11)16-13-9-12(15)7-8-14(13)17(18)19/h2-10,16H,1H3. The number of anilines is 1. The van der Waals surface area contributed by atoms with Gasteiger partial charge in [0, 0.05) is 18.2 Å². The second-order valence-corrected chi connectivity index (χ2v) is 4.20. The predicted octanol–water partition coefficient (Wildman–Crippen LogP) is 3.91. The van der Waals surface area contributed by atoms with E-state index in [9.17, 15) is 14.5 Å². The maximum atomic E-state index is 13.2. The van der Waals surface area contributed by atoms with E-state index in [1.807, 2.05) is 37.3 Å². The van der Waals surface area contributed by atoms with Crippen molar-refractivity contribution < 1.29 is 9.31 Å². The molecule has 0 fully saturated rings. The molecule has 0 spiro atoms. The molecule has 0 aliphatic rings. The van der Waals surface area contributed by atoms with Crippen LogP contribution in [0.25, 0.3) is 0 Å². The van der Waals surface area contributed by atoms with Gasteiger partial charge in [-0.3, -0.25) is 10.1 Å². The lowest BCUT2D eigenvalue weighted by molar-refractivity contribution is -0.384. The van der Waals surface area contributed by atoms with Crippen molar-refractivity contribution in [3.05, 3.63) is 70.0 Å². The van der Waals surface area contributed by atoms with Crippen LogP contribution in [-0.4, -0.2) is 4.92 Å². The summed E-state index contributed by atoms with van der Waals surface area (Å²) in [7, 11) is 0. The van der Waals surface area contributed by atoms with E-state index >= 15 is 0 Å². The zero-order valence-electron chi connectivity index (χ0n) is 10.3. The molecule has 0 heterocycles. The van der Waals surface area contributed by atoms with Crippen LogP contribution >= 0.6 is 0 Å². The fourth-order valence-electron chi connectivity index (χ4n) is 1.84. The first-order valence-electron chi connectivity index (χ1n) is 5.83. The molecule has 19 heavy (non-hydrogen) atoms. The van der Waals surface area contributed by atoms with E-state index in [4.69, 9.17) is 0 Å². The van der Waals surface area contributed by atoms with Crippen molar-refractivity contribution in [2.45, 2.75) is 13.0 Å². The predicted molar refractivity (Wildman–Crippen MR) is 71.5 cm³/mol. The fourth-order valence-corrected chi connectivity index (χ4v) is 1.84. The molecule has 2 rings (SSSR count). The Morgan fingerprint density at radius 2 is 1.89 bits per heavy atom. The van der Waals surface area contributed by atoms with Gasteiger partial charge in [-0.25, -0.2) is 4.39 Å². The number of rotatable bonds is 4. The van der Waals surface area contributed by atoms with Crippen LogP contribution in [0.3, 0.4) is 0 Å². The molecule has 0 radical (unpaired) electrons. The van der Waals surface area contributed by atoms with Crippen LogP contribution in [0.15, 0.2) is 48.5 Å². The summed E-state index contributed by atoms with van der Waals surface area (Å²) in [5.41, 5.74) is 1.02. The van der Waals surface area contributed by atoms with Gasteiger partial charge in [0.25, 0.3) is 5.69 Å². The van der Waals surface area contributed by atoms with Crippen molar-refractivity contribution >= 4 is 11.4 Å². The molecule has 1 unspecified atom stereocenters. The van der Waals surface area contributed by atoms with E-state index in [-0.39, 0.29) is 17.4 Å². The molecule has 98 valence electrons. The molecule has 1 atom stereocenters. The Kier molecular flexibility index (Phi) is 3.75. The Labute approximate surface area is 110 Å². The normalized spacial score (nSPS) is 11.9. The Morgan fingerprint density at radius 1 is 1.21 bits per heavy atom. The van der Waals surface area contributed by atoms with Gasteiger partial charge in [-0.05, 0) is 18.6 Å². The monoisotopic (exact) mass is 260 g/mol. The maximum absolute atomic E-state index is 13.2. The molecule has 2 aromatic rings. The van der Waals surface area contributed by atoms with Gasteiger partial charge in [0.15, 0.2) is 0 Å². The minimum absolute atomic E-state index is 0.135. The third kappa shape index (κ3) is 3.07. The number of nitrogens with one attached hydrogen (secondary N) is 1. The Hall–Kier alpha value is -2.43. The summed E-state index contributed by atoms with van der Waals surface area (Å²) < 4.78 is 13.2. The Morgan fingerprint density at radius 3 is 2.53 bits per heavy atom. The van der Waals surface area contributed by atoms with Crippen LogP contribution < -0.4 is 5.32 Å². The van der Waals surface area contributed by atoms with Crippen LogP contribution in [0, 0.1) is 15.9 Å². The van der Waals surface area contributed by atoms with Crippen molar-refractivity contribution in [1.29, 1.82) is 0 Å². The summed E-state index contributed by atoms with van der Waals surface area (Å²) in [5.74, 6) is -0.506. The maximum Gasteiger partial charge on any atom is 0.292 e. The van der Waals surface area contributed by atoms with Crippen LogP contribution in [0.5, 0.6) is 0 Å². The van der Waals surface area contributed by atoms with Gasteiger partial charge in [-0.1, -0.05) is 30.3 Å². The Balaban J connectivity index is 2.28. The zero-order valence-corrected chi connectivity index (χ0v) is 10.3. The number of nitro benzene ring substituents is 1. The number of nitro groups is 1. The van der Waals surface area contributed by atoms with E-state index in [1.165, 1.54) is 0 Å². The fraction of sp³-hybridized carbons (Fsp3) is 0.143. The molecule has 0 aliphatic heterocycles. The number of halogens is 1. The molecule has 0 aromatic heterocycles. The van der Waals surface area contributed by atoms with Gasteiger partial charge in [0.1, 0.15) is 11.5 Å². The highest BCUT2D eigenvalue weighted by Gasteiger charge is 2.16. The first-order chi connectivity index (χ1) is 9.08. The minimum Gasteiger partial charge on any atom is -0.373 e. The average molecular weight is 260 g/mol. The molecular formula is C14H13FN2O2. The molecule has 0 amide bonds. The second kappa shape index (κ2) is 5.48. The quantitative estimate of drug-likeness (QED) is 0.669. The zero-order chi connectivity index (χ0) is 13.8. The topological polar surface area (TPSA) is 55.2 Å². The number of hydrogen-bond acceptors (Lipinski definition) is 3. The highest BCUT2D eigenvalue weighted by molar-refractivity contribution is 5.62. The van der Waals surface area contributed by atoms with E-state index in [1.54, 1.807) is 0 Å². The SMILES string of the molecule is CC(Nc1cc(F)ccc1[N+](=O)[O-])c1ccccc1. The van der Waals surface area contributed by atoms with Gasteiger partial charge in [-0.2, -0.15) is 0 Å². The van der Waals surface area contributed by atoms with Gasteiger partial charge >= 0.3 is 0 Å². The molecule has 4 nitrogen and oxygen atoms in total. The Bertz CT molecular complexity index is 587. The van der Waals surface area contributed by atoms with Gasteiger partial charge in [0.2, 0.25) is 0 Å². The van der Waals surface area contributed by atoms with Crippen LogP contribution in [0.4, 0.5) is 15.8 Å². The molecular weight excluding hydrogens is 247 g/mol. The van der Waals surface area contributed by atoms with Gasteiger partial charge in [-0.15, -0.1) is 0 Å². The minimum atomic E-state index is -0.528. The first kappa shape index (κ1) is 13.0. The average Bonchev–Trinajstić information content (AvgIpc) is 2.39. The highest BCUT2D eigenvalue weighted by atomic mass is 19.1. The molecule has 1 N–H and O–H groups in total. The molecule has 0 saturated heterocycles. The third-order valence-electron chi connectivity index (χ3n) is 2.83. The van der Waals surface area contributed by atoms with Crippen molar-refractivity contribution in [3.8, 4) is 0 Å². The summed E-state index contributed by atoms with van der Waals surface area (Å²) in [6.45, 7) is 1.87. The number of hydrogen-bond donors (Lipinski definition) is 1.